The van der Waals surface area contributed by atoms with E-state index in [1.165, 1.54) is 18.4 Å². The van der Waals surface area contributed by atoms with Gasteiger partial charge in [-0.25, -0.2) is 4.98 Å². The molecule has 0 aliphatic rings. The molecule has 0 saturated carbocycles. The van der Waals surface area contributed by atoms with Gasteiger partial charge in [0.05, 0.1) is 11.9 Å². The van der Waals surface area contributed by atoms with Gasteiger partial charge in [-0.3, -0.25) is 9.59 Å². The lowest BCUT2D eigenvalue weighted by atomic mass is 10.2. The number of benzene rings is 1. The maximum Gasteiger partial charge on any atom is 0.259 e. The summed E-state index contributed by atoms with van der Waals surface area (Å²) in [5, 5.41) is 0.633. The Hall–Kier alpha value is -2.51. The monoisotopic (exact) mass is 371 g/mol. The molecule has 3 rings (SSSR count). The molecular weight excluding hydrogens is 350 g/mol. The van der Waals surface area contributed by atoms with Crippen LogP contribution in [0.4, 0.5) is 0 Å². The van der Waals surface area contributed by atoms with Gasteiger partial charge in [-0.05, 0) is 25.0 Å². The van der Waals surface area contributed by atoms with E-state index in [2.05, 4.69) is 9.97 Å². The summed E-state index contributed by atoms with van der Waals surface area (Å²) in [7, 11) is 1.49. The van der Waals surface area contributed by atoms with Crippen LogP contribution in [0.25, 0.3) is 10.2 Å². The van der Waals surface area contributed by atoms with Crippen molar-refractivity contribution in [1.29, 1.82) is 0 Å². The average Bonchev–Trinajstić information content (AvgIpc) is 2.90. The number of carbonyl (C=O) groups is 1. The van der Waals surface area contributed by atoms with Gasteiger partial charge in [0.25, 0.3) is 5.56 Å². The van der Waals surface area contributed by atoms with Crippen molar-refractivity contribution in [3.63, 3.8) is 0 Å². The van der Waals surface area contributed by atoms with Gasteiger partial charge >= 0.3 is 0 Å². The zero-order chi connectivity index (χ0) is 18.7. The largest absolute Gasteiger partial charge is 0.375 e. The number of nitrogens with one attached hydrogen (secondary N) is 1. The lowest BCUT2D eigenvalue weighted by Crippen LogP contribution is -2.34. The van der Waals surface area contributed by atoms with Gasteiger partial charge in [-0.1, -0.05) is 30.3 Å². The Bertz CT molecular complexity index is 979. The number of rotatable bonds is 6. The number of aromatic amines is 1. The van der Waals surface area contributed by atoms with Gasteiger partial charge in [-0.15, -0.1) is 11.3 Å². The molecule has 0 bridgehead atoms. The topological polar surface area (TPSA) is 75.3 Å². The zero-order valence-electron chi connectivity index (χ0n) is 15.0. The van der Waals surface area contributed by atoms with E-state index in [1.807, 2.05) is 44.2 Å². The predicted molar refractivity (Wildman–Crippen MR) is 102 cm³/mol. The molecule has 1 amide bonds. The molecule has 0 saturated heterocycles. The number of fused-ring (bicyclic) bond motifs is 1. The Labute approximate surface area is 155 Å². The minimum Gasteiger partial charge on any atom is -0.375 e. The molecule has 0 atom stereocenters. The van der Waals surface area contributed by atoms with E-state index < -0.39 is 0 Å². The molecule has 6 nitrogen and oxygen atoms in total. The van der Waals surface area contributed by atoms with Crippen LogP contribution in [0.2, 0.25) is 0 Å². The van der Waals surface area contributed by atoms with E-state index in [9.17, 15) is 9.59 Å². The first-order valence-corrected chi connectivity index (χ1v) is 9.10. The van der Waals surface area contributed by atoms with E-state index >= 15 is 0 Å². The molecule has 26 heavy (non-hydrogen) atoms. The molecule has 0 fully saturated rings. The number of methoxy groups -OCH3 is 1. The van der Waals surface area contributed by atoms with E-state index in [0.717, 1.165) is 16.0 Å². The Morgan fingerprint density at radius 3 is 2.65 bits per heavy atom. The summed E-state index contributed by atoms with van der Waals surface area (Å²) in [5.41, 5.74) is 1.80. The van der Waals surface area contributed by atoms with Crippen LogP contribution < -0.4 is 5.56 Å². The number of thiophene rings is 1. The first kappa shape index (κ1) is 18.3. The van der Waals surface area contributed by atoms with Gasteiger partial charge in [-0.2, -0.15) is 0 Å². The molecule has 2 aromatic heterocycles. The highest BCUT2D eigenvalue weighted by Crippen LogP contribution is 2.25. The fraction of sp³-hybridized carbons (Fsp3) is 0.316. The summed E-state index contributed by atoms with van der Waals surface area (Å²) >= 11 is 1.50. The first-order chi connectivity index (χ1) is 12.5. The maximum atomic E-state index is 12.5. The fourth-order valence-corrected chi connectivity index (χ4v) is 3.85. The number of hydrogen-bond acceptors (Lipinski definition) is 5. The summed E-state index contributed by atoms with van der Waals surface area (Å²) in [6, 6.07) is 9.70. The van der Waals surface area contributed by atoms with Crippen molar-refractivity contribution in [2.75, 3.05) is 13.7 Å². The molecule has 7 heteroatoms. The van der Waals surface area contributed by atoms with Crippen molar-refractivity contribution in [2.24, 2.45) is 0 Å². The van der Waals surface area contributed by atoms with Crippen molar-refractivity contribution < 1.29 is 9.53 Å². The summed E-state index contributed by atoms with van der Waals surface area (Å²) in [4.78, 5) is 35.7. The number of nitrogens with zero attached hydrogens (tertiary/aromatic N) is 2. The lowest BCUT2D eigenvalue weighted by molar-refractivity contribution is -0.136. The summed E-state index contributed by atoms with van der Waals surface area (Å²) < 4.78 is 4.99. The quantitative estimate of drug-likeness (QED) is 0.723. The van der Waals surface area contributed by atoms with Crippen LogP contribution in [0, 0.1) is 13.8 Å². The summed E-state index contributed by atoms with van der Waals surface area (Å²) in [5.74, 6) is 0.321. The summed E-state index contributed by atoms with van der Waals surface area (Å²) in [6.45, 7) is 4.53. The molecule has 136 valence electrons. The number of hydrogen-bond donors (Lipinski definition) is 1. The van der Waals surface area contributed by atoms with Crippen LogP contribution in [0.15, 0.2) is 35.1 Å². The van der Waals surface area contributed by atoms with Crippen LogP contribution >= 0.6 is 11.3 Å². The molecule has 3 aromatic rings. The minimum absolute atomic E-state index is 0.0173. The third-order valence-corrected chi connectivity index (χ3v) is 5.37. The van der Waals surface area contributed by atoms with Crippen molar-refractivity contribution >= 4 is 27.5 Å². The third kappa shape index (κ3) is 3.84. The highest BCUT2D eigenvalue weighted by molar-refractivity contribution is 7.18. The Morgan fingerprint density at radius 2 is 1.96 bits per heavy atom. The van der Waals surface area contributed by atoms with Crippen molar-refractivity contribution in [3.8, 4) is 0 Å². The molecule has 0 unspecified atom stereocenters. The molecule has 1 aromatic carbocycles. The standard InChI is InChI=1S/C19H21N3O3S/c1-12-13(2)26-19-17(12)18(24)20-15(21-19)10-22(16(23)11-25-3)9-14-7-5-4-6-8-14/h4-8H,9-11H2,1-3H3,(H,20,21,24). The van der Waals surface area contributed by atoms with Gasteiger partial charge in [0.1, 0.15) is 17.3 Å². The Balaban J connectivity index is 1.92. The van der Waals surface area contributed by atoms with Gasteiger partial charge in [0, 0.05) is 18.5 Å². The third-order valence-electron chi connectivity index (χ3n) is 4.27. The molecule has 0 aliphatic carbocycles. The SMILES string of the molecule is COCC(=O)N(Cc1ccccc1)Cc1nc2sc(C)c(C)c2c(=O)[nH]1. The molecule has 0 spiro atoms. The number of aryl methyl sites for hydroxylation is 2. The first-order valence-electron chi connectivity index (χ1n) is 8.29. The van der Waals surface area contributed by atoms with E-state index in [4.69, 9.17) is 4.74 Å². The maximum absolute atomic E-state index is 12.5. The van der Waals surface area contributed by atoms with Crippen molar-refractivity contribution in [1.82, 2.24) is 14.9 Å². The number of aromatic nitrogens is 2. The number of ether oxygens (including phenoxy) is 1. The van der Waals surface area contributed by atoms with Crippen LogP contribution in [-0.2, 0) is 22.6 Å². The fourth-order valence-electron chi connectivity index (χ4n) is 2.81. The Morgan fingerprint density at radius 1 is 1.23 bits per heavy atom. The van der Waals surface area contributed by atoms with Gasteiger partial charge in [0.2, 0.25) is 5.91 Å². The van der Waals surface area contributed by atoms with Crippen LogP contribution in [0.5, 0.6) is 0 Å². The smallest absolute Gasteiger partial charge is 0.259 e. The second kappa shape index (κ2) is 7.80. The zero-order valence-corrected chi connectivity index (χ0v) is 15.9. The summed E-state index contributed by atoms with van der Waals surface area (Å²) in [6.07, 6.45) is 0. The molecular formula is C19H21N3O3S. The van der Waals surface area contributed by atoms with Gasteiger partial charge < -0.3 is 14.6 Å². The number of amides is 1. The average molecular weight is 371 g/mol. The predicted octanol–water partition coefficient (Wildman–Crippen LogP) is 2.78. The Kier molecular flexibility index (Phi) is 5.49. The normalized spacial score (nSPS) is 11.0. The van der Waals surface area contributed by atoms with Crippen LogP contribution in [0.3, 0.4) is 0 Å². The van der Waals surface area contributed by atoms with E-state index in [-0.39, 0.29) is 24.6 Å². The van der Waals surface area contributed by atoms with E-state index in [0.29, 0.717) is 22.6 Å². The second-order valence-corrected chi connectivity index (χ2v) is 7.35. The highest BCUT2D eigenvalue weighted by atomic mass is 32.1. The van der Waals surface area contributed by atoms with Crippen LogP contribution in [-0.4, -0.2) is 34.5 Å². The molecule has 0 radical (unpaired) electrons. The lowest BCUT2D eigenvalue weighted by Gasteiger charge is -2.22. The number of H-pyrrole nitrogens is 1. The number of carbonyl (C=O) groups excluding carboxylic acids is 1. The van der Waals surface area contributed by atoms with E-state index in [1.54, 1.807) is 4.90 Å². The highest BCUT2D eigenvalue weighted by Gasteiger charge is 2.18. The molecule has 2 heterocycles. The minimum atomic E-state index is -0.161. The second-order valence-electron chi connectivity index (χ2n) is 6.14. The van der Waals surface area contributed by atoms with Crippen molar-refractivity contribution in [3.05, 3.63) is 62.5 Å². The van der Waals surface area contributed by atoms with Gasteiger partial charge in [0.15, 0.2) is 0 Å². The molecule has 1 N–H and O–H groups in total. The molecule has 0 aliphatic heterocycles. The van der Waals surface area contributed by atoms with Crippen molar-refractivity contribution in [2.45, 2.75) is 26.9 Å². The van der Waals surface area contributed by atoms with Crippen LogP contribution in [0.1, 0.15) is 21.8 Å².